The molecule has 1 aromatic heterocycles. The number of primary amides is 1. The molecule has 122 valence electrons. The first-order valence-corrected chi connectivity index (χ1v) is 6.31. The summed E-state index contributed by atoms with van der Waals surface area (Å²) in [6.07, 6.45) is -2.99. The monoisotopic (exact) mass is 327 g/mol. The number of urea groups is 1. The first-order chi connectivity index (χ1) is 10.7. The van der Waals surface area contributed by atoms with Crippen LogP contribution in [0.5, 0.6) is 0 Å². The van der Waals surface area contributed by atoms with Crippen molar-refractivity contribution >= 4 is 23.4 Å². The Labute approximate surface area is 128 Å². The number of nitrogens with two attached hydrogens (primary N) is 1. The number of nitrogens with one attached hydrogen (secondary N) is 2. The van der Waals surface area contributed by atoms with Crippen molar-refractivity contribution in [3.63, 3.8) is 0 Å². The Morgan fingerprint density at radius 1 is 1.13 bits per heavy atom. The molecular formula is C13H12F3N5O2. The molecule has 0 aliphatic carbocycles. The summed E-state index contributed by atoms with van der Waals surface area (Å²) in [6, 6.07) is 4.74. The molecule has 10 heteroatoms. The highest BCUT2D eigenvalue weighted by Gasteiger charge is 2.29. The zero-order valence-electron chi connectivity index (χ0n) is 11.6. The number of rotatable bonds is 4. The van der Waals surface area contributed by atoms with Crippen LogP contribution >= 0.6 is 0 Å². The highest BCUT2D eigenvalue weighted by Crippen LogP contribution is 2.29. The molecule has 0 spiro atoms. The van der Waals surface area contributed by atoms with Gasteiger partial charge in [0.25, 0.3) is 0 Å². The lowest BCUT2D eigenvalue weighted by molar-refractivity contribution is -0.137. The quantitative estimate of drug-likeness (QED) is 0.800. The van der Waals surface area contributed by atoms with E-state index in [1.807, 2.05) is 0 Å². The van der Waals surface area contributed by atoms with E-state index in [-0.39, 0.29) is 18.1 Å². The number of benzene rings is 1. The lowest BCUT2D eigenvalue weighted by Gasteiger charge is -2.09. The van der Waals surface area contributed by atoms with Crippen LogP contribution in [0.2, 0.25) is 0 Å². The molecule has 2 aromatic rings. The second-order valence-electron chi connectivity index (χ2n) is 4.52. The third kappa shape index (κ3) is 4.73. The average Bonchev–Trinajstić information content (AvgIpc) is 2.84. The maximum Gasteiger partial charge on any atom is 0.416 e. The van der Waals surface area contributed by atoms with Crippen LogP contribution in [0.3, 0.4) is 0 Å². The fourth-order valence-corrected chi connectivity index (χ4v) is 1.70. The molecule has 0 aliphatic rings. The van der Waals surface area contributed by atoms with E-state index in [0.717, 1.165) is 24.3 Å². The Hall–Kier alpha value is -3.04. The topological polar surface area (TPSA) is 102 Å². The zero-order chi connectivity index (χ0) is 17.0. The van der Waals surface area contributed by atoms with E-state index in [2.05, 4.69) is 15.7 Å². The van der Waals surface area contributed by atoms with Crippen LogP contribution in [0.1, 0.15) is 5.56 Å². The van der Waals surface area contributed by atoms with Crippen molar-refractivity contribution in [3.05, 3.63) is 42.1 Å². The lowest BCUT2D eigenvalue weighted by Crippen LogP contribution is -2.21. The van der Waals surface area contributed by atoms with Gasteiger partial charge < -0.3 is 11.1 Å². The van der Waals surface area contributed by atoms with Crippen LogP contribution in [0, 0.1) is 0 Å². The van der Waals surface area contributed by atoms with Crippen LogP contribution in [0.25, 0.3) is 0 Å². The third-order valence-corrected chi connectivity index (χ3v) is 2.67. The van der Waals surface area contributed by atoms with Crippen molar-refractivity contribution in [2.24, 2.45) is 5.73 Å². The molecule has 23 heavy (non-hydrogen) atoms. The molecule has 0 saturated carbocycles. The predicted molar refractivity (Wildman–Crippen MR) is 75.5 cm³/mol. The molecule has 0 saturated heterocycles. The third-order valence-electron chi connectivity index (χ3n) is 2.67. The maximum absolute atomic E-state index is 12.4. The number of halogens is 3. The van der Waals surface area contributed by atoms with E-state index >= 15 is 0 Å². The van der Waals surface area contributed by atoms with Crippen LogP contribution in [0.4, 0.5) is 29.5 Å². The molecule has 0 aliphatic heterocycles. The molecule has 0 fully saturated rings. The van der Waals surface area contributed by atoms with Gasteiger partial charge in [0.05, 0.1) is 5.56 Å². The van der Waals surface area contributed by atoms with Crippen LogP contribution in [0.15, 0.2) is 36.5 Å². The number of amides is 3. The smallest absolute Gasteiger partial charge is 0.368 e. The molecule has 3 amide bonds. The summed E-state index contributed by atoms with van der Waals surface area (Å²) in [7, 11) is 0. The molecule has 0 unspecified atom stereocenters. The van der Waals surface area contributed by atoms with Gasteiger partial charge >= 0.3 is 12.2 Å². The van der Waals surface area contributed by atoms with Gasteiger partial charge in [-0.05, 0) is 24.3 Å². The van der Waals surface area contributed by atoms with Gasteiger partial charge in [-0.3, -0.25) is 14.8 Å². The minimum Gasteiger partial charge on any atom is -0.368 e. The van der Waals surface area contributed by atoms with Gasteiger partial charge in [-0.2, -0.15) is 18.3 Å². The first-order valence-electron chi connectivity index (χ1n) is 6.31. The van der Waals surface area contributed by atoms with Gasteiger partial charge in [0.1, 0.15) is 6.54 Å². The van der Waals surface area contributed by atoms with Gasteiger partial charge in [0.15, 0.2) is 5.82 Å². The first kappa shape index (κ1) is 16.3. The minimum atomic E-state index is -4.44. The molecule has 0 radical (unpaired) electrons. The maximum atomic E-state index is 12.4. The highest BCUT2D eigenvalue weighted by molar-refractivity contribution is 5.99. The van der Waals surface area contributed by atoms with Crippen molar-refractivity contribution in [2.45, 2.75) is 12.7 Å². The van der Waals surface area contributed by atoms with Crippen molar-refractivity contribution in [3.8, 4) is 0 Å². The molecular weight excluding hydrogens is 315 g/mol. The predicted octanol–water partition coefficient (Wildman–Crippen LogP) is 2.03. The summed E-state index contributed by atoms with van der Waals surface area (Å²) in [6.45, 7) is -0.137. The van der Waals surface area contributed by atoms with Crippen LogP contribution in [-0.4, -0.2) is 21.7 Å². The fourth-order valence-electron chi connectivity index (χ4n) is 1.70. The van der Waals surface area contributed by atoms with E-state index in [9.17, 15) is 22.8 Å². The molecule has 1 aromatic carbocycles. The van der Waals surface area contributed by atoms with Gasteiger partial charge in [-0.15, -0.1) is 0 Å². The van der Waals surface area contributed by atoms with Gasteiger partial charge in [0.2, 0.25) is 5.91 Å². The lowest BCUT2D eigenvalue weighted by atomic mass is 10.2. The zero-order valence-corrected chi connectivity index (χ0v) is 11.6. The minimum absolute atomic E-state index is 0.137. The summed E-state index contributed by atoms with van der Waals surface area (Å²) in [5, 5.41) is 8.61. The highest BCUT2D eigenvalue weighted by atomic mass is 19.4. The molecule has 1 heterocycles. The van der Waals surface area contributed by atoms with E-state index in [0.29, 0.717) is 0 Å². The fraction of sp³-hybridized carbons (Fsp3) is 0.154. The molecule has 0 atom stereocenters. The Balaban J connectivity index is 1.94. The summed E-state index contributed by atoms with van der Waals surface area (Å²) < 4.78 is 38.5. The molecule has 7 nitrogen and oxygen atoms in total. The number of carbonyl (C=O) groups excluding carboxylic acids is 2. The van der Waals surface area contributed by atoms with Crippen LogP contribution < -0.4 is 16.4 Å². The Bertz CT molecular complexity index is 709. The van der Waals surface area contributed by atoms with Gasteiger partial charge in [-0.25, -0.2) is 4.79 Å². The second-order valence-corrected chi connectivity index (χ2v) is 4.52. The van der Waals surface area contributed by atoms with E-state index in [4.69, 9.17) is 5.73 Å². The SMILES string of the molecule is NC(=O)Cn1ccc(NC(=O)Nc2ccc(C(F)(F)F)cc2)n1. The second kappa shape index (κ2) is 6.38. The van der Waals surface area contributed by atoms with Crippen molar-refractivity contribution in [2.75, 3.05) is 10.6 Å². The number of carbonyl (C=O) groups is 2. The summed E-state index contributed by atoms with van der Waals surface area (Å²) in [4.78, 5) is 22.4. The van der Waals surface area contributed by atoms with Gasteiger partial charge in [-0.1, -0.05) is 0 Å². The molecule has 4 N–H and O–H groups in total. The van der Waals surface area contributed by atoms with Crippen molar-refractivity contribution in [1.82, 2.24) is 9.78 Å². The van der Waals surface area contributed by atoms with Crippen molar-refractivity contribution < 1.29 is 22.8 Å². The standard InChI is InChI=1S/C13H12F3N5O2/c14-13(15,16)8-1-3-9(4-2-8)18-12(23)19-11-5-6-21(20-11)7-10(17)22/h1-6H,7H2,(H2,17,22)(H2,18,19,20,23). The number of alkyl halides is 3. The largest absolute Gasteiger partial charge is 0.416 e. The Morgan fingerprint density at radius 3 is 2.35 bits per heavy atom. The summed E-state index contributed by atoms with van der Waals surface area (Å²) in [5.41, 5.74) is 4.38. The van der Waals surface area contributed by atoms with Gasteiger partial charge in [0, 0.05) is 18.0 Å². The van der Waals surface area contributed by atoms with E-state index < -0.39 is 23.7 Å². The summed E-state index contributed by atoms with van der Waals surface area (Å²) in [5.74, 6) is -0.426. The summed E-state index contributed by atoms with van der Waals surface area (Å²) >= 11 is 0. The molecule has 2 rings (SSSR count). The number of hydrogen-bond donors (Lipinski definition) is 3. The molecule has 0 bridgehead atoms. The van der Waals surface area contributed by atoms with E-state index in [1.54, 1.807) is 0 Å². The number of aromatic nitrogens is 2. The number of hydrogen-bond acceptors (Lipinski definition) is 3. The Morgan fingerprint density at radius 2 is 1.78 bits per heavy atom. The Kier molecular flexibility index (Phi) is 4.53. The van der Waals surface area contributed by atoms with E-state index in [1.165, 1.54) is 16.9 Å². The van der Waals surface area contributed by atoms with Crippen LogP contribution in [-0.2, 0) is 17.5 Å². The number of nitrogens with zero attached hydrogens (tertiary/aromatic N) is 2. The normalized spacial score (nSPS) is 11.1. The van der Waals surface area contributed by atoms with Crippen molar-refractivity contribution in [1.29, 1.82) is 0 Å². The number of anilines is 2. The average molecular weight is 327 g/mol.